The van der Waals surface area contributed by atoms with Crippen molar-refractivity contribution in [2.75, 3.05) is 13.1 Å². The predicted octanol–water partition coefficient (Wildman–Crippen LogP) is 4.16. The van der Waals surface area contributed by atoms with Gasteiger partial charge in [0.25, 0.3) is 5.89 Å². The third-order valence-corrected chi connectivity index (χ3v) is 5.58. The van der Waals surface area contributed by atoms with Gasteiger partial charge in [0.15, 0.2) is 11.6 Å². The molecule has 3 heterocycles. The molecule has 0 aliphatic carbocycles. The van der Waals surface area contributed by atoms with Crippen LogP contribution >= 0.6 is 11.3 Å². The van der Waals surface area contributed by atoms with Gasteiger partial charge in [0.1, 0.15) is 4.88 Å². The van der Waals surface area contributed by atoms with Crippen molar-refractivity contribution in [2.45, 2.75) is 32.2 Å². The Balaban J connectivity index is 1.48. The summed E-state index contributed by atoms with van der Waals surface area (Å²) in [6, 6.07) is 4.30. The number of hydrogen-bond acceptors (Lipinski definition) is 6. The Morgan fingerprint density at radius 1 is 1.31 bits per heavy atom. The number of likely N-dealkylation sites (tertiary alicyclic amines) is 1. The SMILES string of the molecule is Cc1ncsc1-c1nnc([C@@H]2CCCN(Cc3cccc(F)c3F)C2)o1. The molecule has 4 rings (SSSR count). The molecule has 0 amide bonds. The zero-order chi connectivity index (χ0) is 18.1. The first-order valence-electron chi connectivity index (χ1n) is 8.51. The molecular formula is C18H18F2N4OS. The fourth-order valence-electron chi connectivity index (χ4n) is 3.31. The van der Waals surface area contributed by atoms with Gasteiger partial charge in [-0.1, -0.05) is 12.1 Å². The molecule has 1 aliphatic heterocycles. The van der Waals surface area contributed by atoms with E-state index in [-0.39, 0.29) is 5.92 Å². The lowest BCUT2D eigenvalue weighted by Crippen LogP contribution is -2.34. The van der Waals surface area contributed by atoms with Crippen LogP contribution in [0.2, 0.25) is 0 Å². The number of benzene rings is 1. The van der Waals surface area contributed by atoms with Gasteiger partial charge in [-0.05, 0) is 32.4 Å². The second kappa shape index (κ2) is 7.20. The molecule has 0 spiro atoms. The lowest BCUT2D eigenvalue weighted by molar-refractivity contribution is 0.184. The predicted molar refractivity (Wildman–Crippen MR) is 93.8 cm³/mol. The quantitative estimate of drug-likeness (QED) is 0.684. The third kappa shape index (κ3) is 3.39. The Morgan fingerprint density at radius 2 is 2.19 bits per heavy atom. The molecule has 1 aromatic carbocycles. The number of aryl methyl sites for hydroxylation is 1. The molecule has 1 aliphatic rings. The highest BCUT2D eigenvalue weighted by Gasteiger charge is 2.27. The van der Waals surface area contributed by atoms with E-state index >= 15 is 0 Å². The van der Waals surface area contributed by atoms with E-state index in [1.807, 2.05) is 6.92 Å². The van der Waals surface area contributed by atoms with Gasteiger partial charge >= 0.3 is 0 Å². The normalized spacial score (nSPS) is 18.3. The van der Waals surface area contributed by atoms with Crippen LogP contribution in [0.1, 0.15) is 35.9 Å². The Bertz CT molecular complexity index is 910. The number of halogens is 2. The van der Waals surface area contributed by atoms with Crippen LogP contribution in [0.5, 0.6) is 0 Å². The molecule has 3 aromatic rings. The molecule has 1 fully saturated rings. The van der Waals surface area contributed by atoms with Gasteiger partial charge in [0, 0.05) is 18.7 Å². The number of piperidine rings is 1. The summed E-state index contributed by atoms with van der Waals surface area (Å²) >= 11 is 1.47. The van der Waals surface area contributed by atoms with E-state index in [0.29, 0.717) is 30.4 Å². The summed E-state index contributed by atoms with van der Waals surface area (Å²) in [5, 5.41) is 8.37. The summed E-state index contributed by atoms with van der Waals surface area (Å²) in [5.41, 5.74) is 3.00. The Morgan fingerprint density at radius 3 is 3.00 bits per heavy atom. The second-order valence-corrected chi connectivity index (χ2v) is 7.35. The van der Waals surface area contributed by atoms with Crippen LogP contribution in [0.25, 0.3) is 10.8 Å². The van der Waals surface area contributed by atoms with E-state index in [4.69, 9.17) is 4.42 Å². The van der Waals surface area contributed by atoms with Crippen LogP contribution in [-0.2, 0) is 6.54 Å². The molecule has 5 nitrogen and oxygen atoms in total. The van der Waals surface area contributed by atoms with Crippen molar-refractivity contribution < 1.29 is 13.2 Å². The minimum absolute atomic E-state index is 0.0925. The molecule has 2 aromatic heterocycles. The van der Waals surface area contributed by atoms with Crippen LogP contribution in [-0.4, -0.2) is 33.2 Å². The Labute approximate surface area is 153 Å². The van der Waals surface area contributed by atoms with Crippen LogP contribution in [0.4, 0.5) is 8.78 Å². The lowest BCUT2D eigenvalue weighted by Gasteiger charge is -2.31. The average molecular weight is 376 g/mol. The number of nitrogens with zero attached hydrogens (tertiary/aromatic N) is 4. The van der Waals surface area contributed by atoms with Crippen molar-refractivity contribution in [2.24, 2.45) is 0 Å². The minimum atomic E-state index is -0.808. The zero-order valence-corrected chi connectivity index (χ0v) is 15.1. The van der Waals surface area contributed by atoms with Gasteiger partial charge in [0.2, 0.25) is 5.89 Å². The second-order valence-electron chi connectivity index (χ2n) is 6.50. The van der Waals surface area contributed by atoms with Gasteiger partial charge in [-0.15, -0.1) is 21.5 Å². The average Bonchev–Trinajstić information content (AvgIpc) is 3.28. The van der Waals surface area contributed by atoms with Crippen LogP contribution in [0.3, 0.4) is 0 Å². The molecular weight excluding hydrogens is 358 g/mol. The molecule has 0 unspecified atom stereocenters. The van der Waals surface area contributed by atoms with E-state index in [0.717, 1.165) is 36.0 Å². The minimum Gasteiger partial charge on any atom is -0.419 e. The first-order valence-corrected chi connectivity index (χ1v) is 9.39. The molecule has 0 N–H and O–H groups in total. The smallest absolute Gasteiger partial charge is 0.259 e. The molecule has 0 saturated carbocycles. The van der Waals surface area contributed by atoms with Crippen LogP contribution in [0.15, 0.2) is 28.1 Å². The van der Waals surface area contributed by atoms with Crippen molar-refractivity contribution in [3.05, 3.63) is 52.5 Å². The maximum atomic E-state index is 13.9. The fraction of sp³-hybridized carbons (Fsp3) is 0.389. The van der Waals surface area contributed by atoms with E-state index in [9.17, 15) is 8.78 Å². The van der Waals surface area contributed by atoms with E-state index < -0.39 is 11.6 Å². The number of aromatic nitrogens is 3. The first kappa shape index (κ1) is 17.2. The van der Waals surface area contributed by atoms with Gasteiger partial charge in [-0.3, -0.25) is 4.90 Å². The molecule has 0 radical (unpaired) electrons. The number of hydrogen-bond donors (Lipinski definition) is 0. The fourth-order valence-corrected chi connectivity index (χ4v) is 4.03. The molecule has 1 atom stereocenters. The van der Waals surface area contributed by atoms with Gasteiger partial charge < -0.3 is 4.42 Å². The summed E-state index contributed by atoms with van der Waals surface area (Å²) in [4.78, 5) is 7.20. The standard InChI is InChI=1S/C18H18F2N4OS/c1-11-16(26-10-21-11)18-23-22-17(25-18)13-5-3-7-24(9-13)8-12-4-2-6-14(19)15(12)20/h2,4,6,10,13H,3,5,7-9H2,1H3/t13-/m1/s1. The largest absolute Gasteiger partial charge is 0.419 e. The maximum absolute atomic E-state index is 13.9. The van der Waals surface area contributed by atoms with Gasteiger partial charge in [-0.2, -0.15) is 0 Å². The van der Waals surface area contributed by atoms with Crippen molar-refractivity contribution >= 4 is 11.3 Å². The van der Waals surface area contributed by atoms with Crippen molar-refractivity contribution in [1.82, 2.24) is 20.1 Å². The Kier molecular flexibility index (Phi) is 4.78. The summed E-state index contributed by atoms with van der Waals surface area (Å²) < 4.78 is 33.2. The zero-order valence-electron chi connectivity index (χ0n) is 14.3. The summed E-state index contributed by atoms with van der Waals surface area (Å²) in [7, 11) is 0. The van der Waals surface area contributed by atoms with E-state index in [1.165, 1.54) is 17.4 Å². The summed E-state index contributed by atoms with van der Waals surface area (Å²) in [6.07, 6.45) is 1.88. The monoisotopic (exact) mass is 376 g/mol. The van der Waals surface area contributed by atoms with Crippen molar-refractivity contribution in [3.8, 4) is 10.8 Å². The highest BCUT2D eigenvalue weighted by Crippen LogP contribution is 2.31. The highest BCUT2D eigenvalue weighted by molar-refractivity contribution is 7.13. The Hall–Kier alpha value is -2.19. The summed E-state index contributed by atoms with van der Waals surface area (Å²) in [5.74, 6) is -0.395. The molecule has 136 valence electrons. The van der Waals surface area contributed by atoms with Crippen LogP contribution in [0, 0.1) is 18.6 Å². The topological polar surface area (TPSA) is 55.1 Å². The molecule has 26 heavy (non-hydrogen) atoms. The van der Waals surface area contributed by atoms with Gasteiger partial charge in [0.05, 0.1) is 17.1 Å². The maximum Gasteiger partial charge on any atom is 0.259 e. The van der Waals surface area contributed by atoms with Crippen molar-refractivity contribution in [1.29, 1.82) is 0 Å². The van der Waals surface area contributed by atoms with E-state index in [2.05, 4.69) is 20.1 Å². The third-order valence-electron chi connectivity index (χ3n) is 4.66. The molecule has 1 saturated heterocycles. The highest BCUT2D eigenvalue weighted by atomic mass is 32.1. The lowest BCUT2D eigenvalue weighted by atomic mass is 9.97. The van der Waals surface area contributed by atoms with Crippen molar-refractivity contribution in [3.63, 3.8) is 0 Å². The number of thiazole rings is 1. The molecule has 0 bridgehead atoms. The van der Waals surface area contributed by atoms with Crippen LogP contribution < -0.4 is 0 Å². The van der Waals surface area contributed by atoms with Gasteiger partial charge in [-0.25, -0.2) is 13.8 Å². The molecule has 8 heteroatoms. The first-order chi connectivity index (χ1) is 12.6. The van der Waals surface area contributed by atoms with E-state index in [1.54, 1.807) is 11.6 Å². The number of rotatable bonds is 4. The summed E-state index contributed by atoms with van der Waals surface area (Å²) in [6.45, 7) is 3.79.